The monoisotopic (exact) mass is 282 g/mol. The Hall–Kier alpha value is -1.18. The van der Waals surface area contributed by atoms with Crippen LogP contribution in [-0.2, 0) is 11.0 Å². The molecule has 18 heavy (non-hydrogen) atoms. The molecule has 0 saturated heterocycles. The van der Waals surface area contributed by atoms with Gasteiger partial charge in [0, 0.05) is 6.07 Å². The minimum atomic E-state index is -4.52. The molecule has 0 aromatic carbocycles. The minimum Gasteiger partial charge on any atom is -0.481 e. The van der Waals surface area contributed by atoms with Crippen LogP contribution < -0.4 is 0 Å². The van der Waals surface area contributed by atoms with Crippen LogP contribution >= 0.6 is 11.8 Å². The van der Waals surface area contributed by atoms with Crippen molar-refractivity contribution in [2.24, 2.45) is 0 Å². The number of carbonyl (C=O) groups is 1. The van der Waals surface area contributed by atoms with Gasteiger partial charge in [0.05, 0.1) is 16.8 Å². The summed E-state index contributed by atoms with van der Waals surface area (Å²) in [6.07, 6.45) is -3.91. The maximum absolute atomic E-state index is 12.5. The third-order valence-electron chi connectivity index (χ3n) is 2.34. The standard InChI is InChI=1S/C10H13F3N2O2S/c1-3-6(2)15-8(18-5-9(16)17)4-7(14-15)10(11,12)13/h4,6H,3,5H2,1-2H3,(H,16,17). The predicted octanol–water partition coefficient (Wildman–Crippen LogP) is 3.05. The number of alkyl halides is 3. The summed E-state index contributed by atoms with van der Waals surface area (Å²) in [6, 6.07) is 0.678. The zero-order valence-corrected chi connectivity index (χ0v) is 10.7. The van der Waals surface area contributed by atoms with Crippen LogP contribution in [0.2, 0.25) is 0 Å². The largest absolute Gasteiger partial charge is 0.481 e. The molecule has 0 aliphatic heterocycles. The van der Waals surface area contributed by atoms with Crippen molar-refractivity contribution in [2.45, 2.75) is 37.5 Å². The van der Waals surface area contributed by atoms with Crippen LogP contribution in [0, 0.1) is 0 Å². The molecule has 0 spiro atoms. The maximum atomic E-state index is 12.5. The van der Waals surface area contributed by atoms with Gasteiger partial charge in [-0.1, -0.05) is 18.7 Å². The molecule has 1 atom stereocenters. The fourth-order valence-corrected chi connectivity index (χ4v) is 2.07. The van der Waals surface area contributed by atoms with Crippen molar-refractivity contribution in [3.8, 4) is 0 Å². The number of aromatic nitrogens is 2. The van der Waals surface area contributed by atoms with Crippen molar-refractivity contribution in [3.63, 3.8) is 0 Å². The molecule has 8 heteroatoms. The van der Waals surface area contributed by atoms with E-state index in [2.05, 4.69) is 5.10 Å². The van der Waals surface area contributed by atoms with Gasteiger partial charge in [-0.2, -0.15) is 18.3 Å². The van der Waals surface area contributed by atoms with Crippen LogP contribution in [0.1, 0.15) is 32.0 Å². The zero-order valence-electron chi connectivity index (χ0n) is 9.86. The van der Waals surface area contributed by atoms with E-state index in [4.69, 9.17) is 5.11 Å². The van der Waals surface area contributed by atoms with E-state index < -0.39 is 17.8 Å². The molecule has 1 aromatic rings. The van der Waals surface area contributed by atoms with Gasteiger partial charge in [-0.3, -0.25) is 9.48 Å². The van der Waals surface area contributed by atoms with Crippen LogP contribution in [0.15, 0.2) is 11.1 Å². The topological polar surface area (TPSA) is 55.1 Å². The highest BCUT2D eigenvalue weighted by Crippen LogP contribution is 2.33. The molecule has 1 aromatic heterocycles. The van der Waals surface area contributed by atoms with E-state index in [1.54, 1.807) is 6.92 Å². The van der Waals surface area contributed by atoms with Gasteiger partial charge in [0.2, 0.25) is 0 Å². The Labute approximate surface area is 106 Å². The highest BCUT2D eigenvalue weighted by Gasteiger charge is 2.35. The summed E-state index contributed by atoms with van der Waals surface area (Å²) >= 11 is 0.837. The maximum Gasteiger partial charge on any atom is 0.435 e. The van der Waals surface area contributed by atoms with Gasteiger partial charge >= 0.3 is 12.1 Å². The van der Waals surface area contributed by atoms with Gasteiger partial charge in [0.1, 0.15) is 0 Å². The molecule has 102 valence electrons. The summed E-state index contributed by atoms with van der Waals surface area (Å²) in [5.41, 5.74) is -0.990. The smallest absolute Gasteiger partial charge is 0.435 e. The molecule has 0 amide bonds. The lowest BCUT2D eigenvalue weighted by atomic mass is 10.3. The quantitative estimate of drug-likeness (QED) is 0.843. The number of carboxylic acid groups (broad SMARTS) is 1. The second-order valence-corrected chi connectivity index (χ2v) is 4.75. The fourth-order valence-electron chi connectivity index (χ4n) is 1.25. The van der Waals surface area contributed by atoms with Gasteiger partial charge in [0.15, 0.2) is 5.69 Å². The summed E-state index contributed by atoms with van der Waals surface area (Å²) in [5, 5.41) is 12.3. The van der Waals surface area contributed by atoms with Gasteiger partial charge < -0.3 is 5.11 Å². The molecule has 1 N–H and O–H groups in total. The van der Waals surface area contributed by atoms with Crippen molar-refractivity contribution in [1.82, 2.24) is 9.78 Å². The lowest BCUT2D eigenvalue weighted by Crippen LogP contribution is -2.11. The Kier molecular flexibility index (Phi) is 4.66. The summed E-state index contributed by atoms with van der Waals surface area (Å²) in [4.78, 5) is 10.5. The SMILES string of the molecule is CCC(C)n1nc(C(F)(F)F)cc1SCC(=O)O. The van der Waals surface area contributed by atoms with E-state index >= 15 is 0 Å². The number of hydrogen-bond donors (Lipinski definition) is 1. The highest BCUT2D eigenvalue weighted by molar-refractivity contribution is 7.99. The van der Waals surface area contributed by atoms with E-state index in [1.807, 2.05) is 6.92 Å². The molecule has 0 aliphatic rings. The van der Waals surface area contributed by atoms with Crippen molar-refractivity contribution in [3.05, 3.63) is 11.8 Å². The van der Waals surface area contributed by atoms with Crippen LogP contribution in [-0.4, -0.2) is 26.6 Å². The number of carboxylic acids is 1. The number of thioether (sulfide) groups is 1. The molecule has 0 fully saturated rings. The van der Waals surface area contributed by atoms with Crippen LogP contribution in [0.25, 0.3) is 0 Å². The average molecular weight is 282 g/mol. The summed E-state index contributed by atoms with van der Waals surface area (Å²) < 4.78 is 38.9. The Bertz CT molecular complexity index is 431. The van der Waals surface area contributed by atoms with E-state index in [-0.39, 0.29) is 16.8 Å². The van der Waals surface area contributed by atoms with Crippen LogP contribution in [0.4, 0.5) is 13.2 Å². The second-order valence-electron chi connectivity index (χ2n) is 3.75. The second kappa shape index (κ2) is 5.64. The van der Waals surface area contributed by atoms with Crippen molar-refractivity contribution in [1.29, 1.82) is 0 Å². The van der Waals surface area contributed by atoms with E-state index in [0.717, 1.165) is 17.8 Å². The number of nitrogens with zero attached hydrogens (tertiary/aromatic N) is 2. The first-order valence-corrected chi connectivity index (χ1v) is 6.25. The highest BCUT2D eigenvalue weighted by atomic mass is 32.2. The first kappa shape index (κ1) is 14.9. The molecule has 1 heterocycles. The van der Waals surface area contributed by atoms with Crippen molar-refractivity contribution >= 4 is 17.7 Å². The third kappa shape index (κ3) is 3.66. The van der Waals surface area contributed by atoms with E-state index in [1.165, 1.54) is 4.68 Å². The van der Waals surface area contributed by atoms with Gasteiger partial charge in [-0.15, -0.1) is 0 Å². The molecular weight excluding hydrogens is 269 g/mol. The first-order valence-electron chi connectivity index (χ1n) is 5.27. The summed E-state index contributed by atoms with van der Waals surface area (Å²) in [6.45, 7) is 3.56. The van der Waals surface area contributed by atoms with Crippen molar-refractivity contribution in [2.75, 3.05) is 5.75 Å². The lowest BCUT2D eigenvalue weighted by molar-refractivity contribution is -0.141. The molecule has 0 radical (unpaired) electrons. The predicted molar refractivity (Wildman–Crippen MR) is 60.6 cm³/mol. The minimum absolute atomic E-state index is 0.211. The Morgan fingerprint density at radius 3 is 2.67 bits per heavy atom. The van der Waals surface area contributed by atoms with E-state index in [9.17, 15) is 18.0 Å². The Morgan fingerprint density at radius 1 is 1.61 bits per heavy atom. The van der Waals surface area contributed by atoms with Crippen LogP contribution in [0.3, 0.4) is 0 Å². The van der Waals surface area contributed by atoms with Crippen LogP contribution in [0.5, 0.6) is 0 Å². The average Bonchev–Trinajstić information content (AvgIpc) is 2.68. The zero-order chi connectivity index (χ0) is 13.9. The van der Waals surface area contributed by atoms with Gasteiger partial charge in [-0.05, 0) is 13.3 Å². The summed E-state index contributed by atoms with van der Waals surface area (Å²) in [5.74, 6) is -1.37. The third-order valence-corrected chi connectivity index (χ3v) is 3.34. The number of halogens is 3. The number of aliphatic carboxylic acids is 1. The Balaban J connectivity index is 3.05. The molecule has 0 aliphatic carbocycles. The lowest BCUT2D eigenvalue weighted by Gasteiger charge is -2.12. The molecule has 1 unspecified atom stereocenters. The molecule has 1 rings (SSSR count). The summed E-state index contributed by atoms with van der Waals surface area (Å²) in [7, 11) is 0. The number of hydrogen-bond acceptors (Lipinski definition) is 3. The molecular formula is C10H13F3N2O2S. The first-order chi connectivity index (χ1) is 8.25. The van der Waals surface area contributed by atoms with Gasteiger partial charge in [-0.25, -0.2) is 0 Å². The fraction of sp³-hybridized carbons (Fsp3) is 0.600. The normalized spacial score (nSPS) is 13.6. The van der Waals surface area contributed by atoms with E-state index in [0.29, 0.717) is 6.42 Å². The van der Waals surface area contributed by atoms with Gasteiger partial charge in [0.25, 0.3) is 0 Å². The Morgan fingerprint density at radius 2 is 2.22 bits per heavy atom. The number of rotatable bonds is 5. The molecule has 0 saturated carbocycles. The molecule has 0 bridgehead atoms. The van der Waals surface area contributed by atoms with Crippen molar-refractivity contribution < 1.29 is 23.1 Å². The molecule has 4 nitrogen and oxygen atoms in total.